The summed E-state index contributed by atoms with van der Waals surface area (Å²) in [7, 11) is -3.30. The van der Waals surface area contributed by atoms with Crippen LogP contribution in [-0.4, -0.2) is 39.7 Å². The summed E-state index contributed by atoms with van der Waals surface area (Å²) in [4.78, 5) is 12.1. The Morgan fingerprint density at radius 1 is 1.29 bits per heavy atom. The van der Waals surface area contributed by atoms with E-state index in [1.807, 2.05) is 6.92 Å². The highest BCUT2D eigenvalue weighted by molar-refractivity contribution is 7.92. The molecule has 1 heterocycles. The van der Waals surface area contributed by atoms with Gasteiger partial charge in [0.25, 0.3) is 5.91 Å². The highest BCUT2D eigenvalue weighted by Crippen LogP contribution is 2.13. The van der Waals surface area contributed by atoms with Crippen LogP contribution in [0.1, 0.15) is 36.5 Å². The summed E-state index contributed by atoms with van der Waals surface area (Å²) < 4.78 is 25.9. The molecule has 0 aromatic heterocycles. The van der Waals surface area contributed by atoms with E-state index in [0.29, 0.717) is 30.1 Å². The van der Waals surface area contributed by atoms with E-state index in [4.69, 9.17) is 0 Å². The molecular formula is C16H26ClN3O3S. The summed E-state index contributed by atoms with van der Waals surface area (Å²) in [5, 5.41) is 6.22. The molecule has 3 N–H and O–H groups in total. The third-order valence-electron chi connectivity index (χ3n) is 3.89. The Bertz CT molecular complexity index is 614. The van der Waals surface area contributed by atoms with E-state index < -0.39 is 10.0 Å². The van der Waals surface area contributed by atoms with Crippen molar-refractivity contribution in [2.24, 2.45) is 5.92 Å². The molecular weight excluding hydrogens is 350 g/mol. The van der Waals surface area contributed by atoms with Gasteiger partial charge in [-0.25, -0.2) is 8.42 Å². The first-order chi connectivity index (χ1) is 11.0. The normalized spacial score (nSPS) is 17.1. The molecule has 1 aromatic rings. The van der Waals surface area contributed by atoms with Crippen LogP contribution in [0, 0.1) is 5.92 Å². The molecule has 1 atom stereocenters. The molecule has 1 aromatic carbocycles. The van der Waals surface area contributed by atoms with E-state index in [1.54, 1.807) is 24.3 Å². The van der Waals surface area contributed by atoms with Crippen molar-refractivity contribution in [3.63, 3.8) is 0 Å². The number of hydrogen-bond acceptors (Lipinski definition) is 4. The molecule has 0 saturated carbocycles. The first kappa shape index (κ1) is 20.7. The quantitative estimate of drug-likeness (QED) is 0.648. The number of benzene rings is 1. The number of carbonyl (C=O) groups excluding carboxylic acids is 1. The first-order valence-electron chi connectivity index (χ1n) is 8.09. The Hall–Kier alpha value is -1.31. The average Bonchev–Trinajstić information content (AvgIpc) is 3.00. The second kappa shape index (κ2) is 9.86. The van der Waals surface area contributed by atoms with Crippen LogP contribution in [0.2, 0.25) is 0 Å². The SMILES string of the molecule is CCCS(=O)(=O)Nc1ccc(C(=O)NCCC2CCNC2)cc1.Cl. The highest BCUT2D eigenvalue weighted by Gasteiger charge is 2.14. The summed E-state index contributed by atoms with van der Waals surface area (Å²) in [6.45, 7) is 4.57. The number of sulfonamides is 1. The molecule has 1 fully saturated rings. The summed E-state index contributed by atoms with van der Waals surface area (Å²) in [6, 6.07) is 6.50. The molecule has 1 amide bonds. The first-order valence-corrected chi connectivity index (χ1v) is 9.75. The van der Waals surface area contributed by atoms with Crippen molar-refractivity contribution in [1.29, 1.82) is 0 Å². The van der Waals surface area contributed by atoms with E-state index in [0.717, 1.165) is 19.5 Å². The topological polar surface area (TPSA) is 87.3 Å². The van der Waals surface area contributed by atoms with Crippen LogP contribution in [0.4, 0.5) is 5.69 Å². The third-order valence-corrected chi connectivity index (χ3v) is 5.39. The van der Waals surface area contributed by atoms with Gasteiger partial charge < -0.3 is 10.6 Å². The molecule has 1 saturated heterocycles. The van der Waals surface area contributed by atoms with Gasteiger partial charge in [-0.05, 0) is 62.5 Å². The molecule has 0 radical (unpaired) electrons. The van der Waals surface area contributed by atoms with Gasteiger partial charge in [0.05, 0.1) is 5.75 Å². The van der Waals surface area contributed by atoms with Gasteiger partial charge in [-0.15, -0.1) is 12.4 Å². The van der Waals surface area contributed by atoms with Crippen LogP contribution in [0.5, 0.6) is 0 Å². The number of rotatable bonds is 8. The standard InChI is InChI=1S/C16H25N3O3S.ClH/c1-2-11-23(21,22)19-15-5-3-14(4-6-15)16(20)18-10-8-13-7-9-17-12-13;/h3-6,13,17,19H,2,7-12H2,1H3,(H,18,20);1H. The van der Waals surface area contributed by atoms with Crippen LogP contribution < -0.4 is 15.4 Å². The van der Waals surface area contributed by atoms with Gasteiger partial charge in [0.2, 0.25) is 10.0 Å². The van der Waals surface area contributed by atoms with E-state index in [1.165, 1.54) is 6.42 Å². The molecule has 0 spiro atoms. The summed E-state index contributed by atoms with van der Waals surface area (Å²) in [6.07, 6.45) is 2.71. The van der Waals surface area contributed by atoms with Gasteiger partial charge in [-0.3, -0.25) is 9.52 Å². The fraction of sp³-hybridized carbons (Fsp3) is 0.562. The third kappa shape index (κ3) is 6.67. The molecule has 8 heteroatoms. The minimum absolute atomic E-state index is 0. The second-order valence-corrected chi connectivity index (χ2v) is 7.74. The lowest BCUT2D eigenvalue weighted by molar-refractivity contribution is 0.0951. The molecule has 1 unspecified atom stereocenters. The fourth-order valence-electron chi connectivity index (χ4n) is 2.64. The Labute approximate surface area is 150 Å². The molecule has 0 bridgehead atoms. The number of nitrogens with one attached hydrogen (secondary N) is 3. The Balaban J connectivity index is 0.00000288. The predicted molar refractivity (Wildman–Crippen MR) is 99.3 cm³/mol. The van der Waals surface area contributed by atoms with Crippen LogP contribution in [-0.2, 0) is 10.0 Å². The number of hydrogen-bond donors (Lipinski definition) is 3. The fourth-order valence-corrected chi connectivity index (χ4v) is 3.78. The lowest BCUT2D eigenvalue weighted by Gasteiger charge is -2.10. The van der Waals surface area contributed by atoms with E-state index in [2.05, 4.69) is 15.4 Å². The van der Waals surface area contributed by atoms with Crippen molar-refractivity contribution in [3.05, 3.63) is 29.8 Å². The number of anilines is 1. The van der Waals surface area contributed by atoms with E-state index in [9.17, 15) is 13.2 Å². The second-order valence-electron chi connectivity index (χ2n) is 5.90. The number of carbonyl (C=O) groups is 1. The lowest BCUT2D eigenvalue weighted by atomic mass is 10.1. The van der Waals surface area contributed by atoms with Gasteiger partial charge in [-0.1, -0.05) is 6.92 Å². The van der Waals surface area contributed by atoms with Gasteiger partial charge in [0.1, 0.15) is 0 Å². The molecule has 6 nitrogen and oxygen atoms in total. The van der Waals surface area contributed by atoms with Crippen molar-refractivity contribution < 1.29 is 13.2 Å². The Kier molecular flexibility index (Phi) is 8.52. The zero-order chi connectivity index (χ0) is 16.7. The van der Waals surface area contributed by atoms with Crippen molar-refractivity contribution in [2.75, 3.05) is 30.1 Å². The maximum absolute atomic E-state index is 12.1. The smallest absolute Gasteiger partial charge is 0.251 e. The Morgan fingerprint density at radius 2 is 2.00 bits per heavy atom. The van der Waals surface area contributed by atoms with Crippen LogP contribution in [0.3, 0.4) is 0 Å². The molecule has 24 heavy (non-hydrogen) atoms. The van der Waals surface area contributed by atoms with Crippen molar-refractivity contribution >= 4 is 34.0 Å². The largest absolute Gasteiger partial charge is 0.352 e. The minimum Gasteiger partial charge on any atom is -0.352 e. The van der Waals surface area contributed by atoms with Crippen LogP contribution in [0.15, 0.2) is 24.3 Å². The summed E-state index contributed by atoms with van der Waals surface area (Å²) in [5.41, 5.74) is 1.01. The number of halogens is 1. The lowest BCUT2D eigenvalue weighted by Crippen LogP contribution is -2.26. The average molecular weight is 376 g/mol. The van der Waals surface area contributed by atoms with Crippen LogP contribution >= 0.6 is 12.4 Å². The van der Waals surface area contributed by atoms with Gasteiger partial charge in [-0.2, -0.15) is 0 Å². The zero-order valence-corrected chi connectivity index (χ0v) is 15.5. The van der Waals surface area contributed by atoms with E-state index in [-0.39, 0.29) is 24.1 Å². The van der Waals surface area contributed by atoms with Gasteiger partial charge >= 0.3 is 0 Å². The summed E-state index contributed by atoms with van der Waals surface area (Å²) >= 11 is 0. The van der Waals surface area contributed by atoms with Crippen molar-refractivity contribution in [2.45, 2.75) is 26.2 Å². The number of amides is 1. The van der Waals surface area contributed by atoms with E-state index >= 15 is 0 Å². The maximum atomic E-state index is 12.1. The molecule has 1 aliphatic rings. The predicted octanol–water partition coefficient (Wildman–Crippen LogP) is 1.99. The molecule has 0 aliphatic carbocycles. The van der Waals surface area contributed by atoms with Crippen molar-refractivity contribution in [1.82, 2.24) is 10.6 Å². The van der Waals surface area contributed by atoms with Gasteiger partial charge in [0.15, 0.2) is 0 Å². The summed E-state index contributed by atoms with van der Waals surface area (Å²) in [5.74, 6) is 0.607. The molecule has 2 rings (SSSR count). The maximum Gasteiger partial charge on any atom is 0.251 e. The molecule has 1 aliphatic heterocycles. The Morgan fingerprint density at radius 3 is 2.58 bits per heavy atom. The van der Waals surface area contributed by atoms with Crippen molar-refractivity contribution in [3.8, 4) is 0 Å². The highest BCUT2D eigenvalue weighted by atomic mass is 35.5. The van der Waals surface area contributed by atoms with Gasteiger partial charge in [0, 0.05) is 17.8 Å². The monoisotopic (exact) mass is 375 g/mol. The van der Waals surface area contributed by atoms with Crippen LogP contribution in [0.25, 0.3) is 0 Å². The minimum atomic E-state index is -3.30. The molecule has 136 valence electrons. The zero-order valence-electron chi connectivity index (χ0n) is 13.9.